The Kier molecular flexibility index (Phi) is 5.04. The zero-order valence-corrected chi connectivity index (χ0v) is 12.1. The lowest BCUT2D eigenvalue weighted by atomic mass is 10.2. The van der Waals surface area contributed by atoms with Crippen molar-refractivity contribution < 1.29 is 0 Å². The molecule has 2 rings (SSSR count). The predicted molar refractivity (Wildman–Crippen MR) is 81.3 cm³/mol. The van der Waals surface area contributed by atoms with Crippen molar-refractivity contribution in [3.63, 3.8) is 0 Å². The molecular weight excluding hydrogens is 258 g/mol. The number of nitrogens with two attached hydrogens (primary N) is 1. The van der Waals surface area contributed by atoms with E-state index in [0.717, 1.165) is 19.1 Å². The van der Waals surface area contributed by atoms with Gasteiger partial charge in [-0.05, 0) is 19.9 Å². The highest BCUT2D eigenvalue weighted by atomic mass is 32.1. The molecule has 6 heteroatoms. The van der Waals surface area contributed by atoms with Crippen LogP contribution in [0.4, 0.5) is 5.82 Å². The van der Waals surface area contributed by atoms with Crippen molar-refractivity contribution in [1.82, 2.24) is 14.9 Å². The Morgan fingerprint density at radius 2 is 2.11 bits per heavy atom. The first-order valence-corrected chi connectivity index (χ1v) is 7.14. The fourth-order valence-electron chi connectivity index (χ4n) is 2.53. The van der Waals surface area contributed by atoms with Gasteiger partial charge >= 0.3 is 0 Å². The highest BCUT2D eigenvalue weighted by molar-refractivity contribution is 7.80. The Morgan fingerprint density at radius 3 is 2.79 bits per heavy atom. The van der Waals surface area contributed by atoms with E-state index in [1.807, 2.05) is 0 Å². The van der Waals surface area contributed by atoms with Gasteiger partial charge in [-0.2, -0.15) is 0 Å². The lowest BCUT2D eigenvalue weighted by Crippen LogP contribution is -2.33. The molecule has 0 amide bonds. The van der Waals surface area contributed by atoms with Crippen LogP contribution in [0.25, 0.3) is 0 Å². The third-order valence-corrected chi connectivity index (χ3v) is 3.83. The first-order valence-electron chi connectivity index (χ1n) is 6.73. The van der Waals surface area contributed by atoms with E-state index < -0.39 is 0 Å². The Balaban J connectivity index is 1.83. The summed E-state index contributed by atoms with van der Waals surface area (Å²) in [4.78, 5) is 11.1. The molecule has 0 saturated heterocycles. The highest BCUT2D eigenvalue weighted by Gasteiger charge is 2.19. The lowest BCUT2D eigenvalue weighted by Gasteiger charge is -2.24. The maximum absolute atomic E-state index is 5.62. The van der Waals surface area contributed by atoms with Crippen molar-refractivity contribution in [3.8, 4) is 0 Å². The van der Waals surface area contributed by atoms with Gasteiger partial charge in [0.1, 0.15) is 10.7 Å². The van der Waals surface area contributed by atoms with E-state index in [0.29, 0.717) is 11.5 Å². The van der Waals surface area contributed by atoms with Crippen molar-refractivity contribution in [3.05, 3.63) is 18.1 Å². The lowest BCUT2D eigenvalue weighted by molar-refractivity contribution is 0.254. The van der Waals surface area contributed by atoms with Gasteiger partial charge in [0.25, 0.3) is 0 Å². The summed E-state index contributed by atoms with van der Waals surface area (Å²) in [7, 11) is 2.18. The Bertz CT molecular complexity index is 431. The fraction of sp³-hybridized carbons (Fsp3) is 0.615. The van der Waals surface area contributed by atoms with E-state index >= 15 is 0 Å². The van der Waals surface area contributed by atoms with Crippen LogP contribution in [0.5, 0.6) is 0 Å². The molecule has 1 heterocycles. The standard InChI is InChI=1S/C13H21N5S/c1-18(10-4-2-3-5-10)9-8-17-13-11(12(14)19)15-6-7-16-13/h6-7,10H,2-5,8-9H2,1H3,(H2,14,19)(H,16,17). The van der Waals surface area contributed by atoms with Gasteiger partial charge < -0.3 is 16.0 Å². The molecule has 1 aromatic rings. The second kappa shape index (κ2) is 6.77. The van der Waals surface area contributed by atoms with Gasteiger partial charge in [-0.25, -0.2) is 9.97 Å². The van der Waals surface area contributed by atoms with Crippen LogP contribution < -0.4 is 11.1 Å². The topological polar surface area (TPSA) is 67.1 Å². The van der Waals surface area contributed by atoms with Gasteiger partial charge in [0.15, 0.2) is 5.82 Å². The summed E-state index contributed by atoms with van der Waals surface area (Å²) in [5.74, 6) is 0.676. The van der Waals surface area contributed by atoms with Crippen molar-refractivity contribution >= 4 is 23.0 Å². The third-order valence-electron chi connectivity index (χ3n) is 3.64. The quantitative estimate of drug-likeness (QED) is 0.767. The largest absolute Gasteiger partial charge is 0.388 e. The predicted octanol–water partition coefficient (Wildman–Crippen LogP) is 1.40. The van der Waals surface area contributed by atoms with Gasteiger partial charge in [-0.15, -0.1) is 0 Å². The number of aromatic nitrogens is 2. The van der Waals surface area contributed by atoms with Gasteiger partial charge in [0.05, 0.1) is 0 Å². The number of rotatable bonds is 6. The van der Waals surface area contributed by atoms with Crippen LogP contribution in [0.3, 0.4) is 0 Å². The molecule has 104 valence electrons. The van der Waals surface area contributed by atoms with Crippen LogP contribution in [0, 0.1) is 0 Å². The van der Waals surface area contributed by atoms with E-state index in [2.05, 4.69) is 27.2 Å². The van der Waals surface area contributed by atoms with Crippen LogP contribution in [-0.2, 0) is 0 Å². The third kappa shape index (κ3) is 3.84. The first-order chi connectivity index (χ1) is 9.18. The zero-order chi connectivity index (χ0) is 13.7. The minimum Gasteiger partial charge on any atom is -0.388 e. The molecule has 1 aliphatic rings. The fourth-order valence-corrected chi connectivity index (χ4v) is 2.68. The molecule has 1 saturated carbocycles. The van der Waals surface area contributed by atoms with Gasteiger partial charge in [0, 0.05) is 31.5 Å². The molecule has 3 N–H and O–H groups in total. The van der Waals surface area contributed by atoms with E-state index in [-0.39, 0.29) is 4.99 Å². The Morgan fingerprint density at radius 1 is 1.42 bits per heavy atom. The molecule has 19 heavy (non-hydrogen) atoms. The number of hydrogen-bond acceptors (Lipinski definition) is 5. The molecule has 0 aromatic carbocycles. The molecule has 1 aromatic heterocycles. The Labute approximate surface area is 119 Å². The number of nitrogens with one attached hydrogen (secondary N) is 1. The van der Waals surface area contributed by atoms with Crippen molar-refractivity contribution in [2.24, 2.45) is 5.73 Å². The average Bonchev–Trinajstić information content (AvgIpc) is 2.93. The molecule has 0 unspecified atom stereocenters. The molecule has 0 aliphatic heterocycles. The summed E-state index contributed by atoms with van der Waals surface area (Å²) in [6, 6.07) is 0.735. The molecule has 1 fully saturated rings. The summed E-state index contributed by atoms with van der Waals surface area (Å²) in [5, 5.41) is 3.27. The minimum absolute atomic E-state index is 0.278. The van der Waals surface area contributed by atoms with Crippen molar-refractivity contribution in [1.29, 1.82) is 0 Å². The summed E-state index contributed by atoms with van der Waals surface area (Å²) < 4.78 is 0. The van der Waals surface area contributed by atoms with Crippen LogP contribution in [-0.4, -0.2) is 46.0 Å². The van der Waals surface area contributed by atoms with E-state index in [9.17, 15) is 0 Å². The van der Waals surface area contributed by atoms with Crippen LogP contribution >= 0.6 is 12.2 Å². The van der Waals surface area contributed by atoms with Gasteiger partial charge in [0.2, 0.25) is 0 Å². The van der Waals surface area contributed by atoms with Crippen LogP contribution in [0.15, 0.2) is 12.4 Å². The summed E-state index contributed by atoms with van der Waals surface area (Å²) in [5.41, 5.74) is 6.19. The number of anilines is 1. The minimum atomic E-state index is 0.278. The Hall–Kier alpha value is -1.27. The monoisotopic (exact) mass is 279 g/mol. The number of nitrogens with zero attached hydrogens (tertiary/aromatic N) is 3. The molecule has 0 atom stereocenters. The second-order valence-electron chi connectivity index (χ2n) is 4.96. The molecule has 1 aliphatic carbocycles. The number of likely N-dealkylation sites (N-methyl/N-ethyl adjacent to an activating group) is 1. The van der Waals surface area contributed by atoms with Gasteiger partial charge in [-0.3, -0.25) is 0 Å². The number of thiocarbonyl (C=S) groups is 1. The highest BCUT2D eigenvalue weighted by Crippen LogP contribution is 2.21. The second-order valence-corrected chi connectivity index (χ2v) is 5.40. The summed E-state index contributed by atoms with van der Waals surface area (Å²) >= 11 is 4.96. The van der Waals surface area contributed by atoms with Crippen molar-refractivity contribution in [2.75, 3.05) is 25.5 Å². The molecule has 0 bridgehead atoms. The van der Waals surface area contributed by atoms with Gasteiger partial charge in [-0.1, -0.05) is 25.1 Å². The van der Waals surface area contributed by atoms with Crippen molar-refractivity contribution in [2.45, 2.75) is 31.7 Å². The SMILES string of the molecule is CN(CCNc1nccnc1C(N)=S)C1CCCC1. The molecule has 0 radical (unpaired) electrons. The zero-order valence-electron chi connectivity index (χ0n) is 11.3. The van der Waals surface area contributed by atoms with E-state index in [1.165, 1.54) is 25.7 Å². The smallest absolute Gasteiger partial charge is 0.155 e. The maximum Gasteiger partial charge on any atom is 0.155 e. The van der Waals surface area contributed by atoms with Crippen LogP contribution in [0.2, 0.25) is 0 Å². The first kappa shape index (κ1) is 14.1. The summed E-state index contributed by atoms with van der Waals surface area (Å²) in [6.45, 7) is 1.80. The molecular formula is C13H21N5S. The van der Waals surface area contributed by atoms with Crippen LogP contribution in [0.1, 0.15) is 31.4 Å². The molecule has 0 spiro atoms. The molecule has 5 nitrogen and oxygen atoms in total. The number of hydrogen-bond donors (Lipinski definition) is 2. The summed E-state index contributed by atoms with van der Waals surface area (Å²) in [6.07, 6.45) is 8.60. The van der Waals surface area contributed by atoms with E-state index in [1.54, 1.807) is 12.4 Å². The normalized spacial score (nSPS) is 15.9. The maximum atomic E-state index is 5.62. The average molecular weight is 279 g/mol. The van der Waals surface area contributed by atoms with E-state index in [4.69, 9.17) is 18.0 Å².